The third-order valence-corrected chi connectivity index (χ3v) is 11.0. The van der Waals surface area contributed by atoms with Crippen molar-refractivity contribution in [1.82, 2.24) is 29.8 Å². The summed E-state index contributed by atoms with van der Waals surface area (Å²) in [6, 6.07) is 39.0. The molecule has 8 rings (SSSR count). The molecule has 1 N–H and O–H groups in total. The monoisotopic (exact) mass is 830 g/mol. The van der Waals surface area contributed by atoms with Crippen LogP contribution in [-0.4, -0.2) is 40.8 Å². The van der Waals surface area contributed by atoms with Gasteiger partial charge in [0.2, 0.25) is 5.82 Å². The molecule has 0 fully saturated rings. The number of hydrogen-bond donors (Lipinski definition) is 1. The van der Waals surface area contributed by atoms with Crippen molar-refractivity contribution in [3.63, 3.8) is 0 Å². The minimum Gasteiger partial charge on any atom is -0.477 e. The lowest BCUT2D eigenvalue weighted by atomic mass is 9.77. The Bertz CT molecular complexity index is 2540. The third kappa shape index (κ3) is 6.61. The Balaban J connectivity index is 1.34. The zero-order chi connectivity index (χ0) is 39.7. The van der Waals surface area contributed by atoms with Gasteiger partial charge in [-0.15, -0.1) is 15.0 Å². The number of carbonyl (C=O) groups is 1. The van der Waals surface area contributed by atoms with Crippen LogP contribution < -0.4 is 0 Å². The second-order valence-electron chi connectivity index (χ2n) is 13.5. The van der Waals surface area contributed by atoms with E-state index in [4.69, 9.17) is 14.7 Å². The van der Waals surface area contributed by atoms with Gasteiger partial charge in [-0.1, -0.05) is 129 Å². The molecule has 0 atom stereocenters. The fraction of sp³-hybridized carbons (Fsp3) is 0.159. The van der Waals surface area contributed by atoms with Crippen molar-refractivity contribution in [1.29, 1.82) is 0 Å². The van der Waals surface area contributed by atoms with Crippen molar-refractivity contribution in [2.75, 3.05) is 0 Å². The highest BCUT2D eigenvalue weighted by Crippen LogP contribution is 2.49. The first kappa shape index (κ1) is 37.6. The fourth-order valence-corrected chi connectivity index (χ4v) is 8.42. The van der Waals surface area contributed by atoms with Gasteiger partial charge in [0.15, 0.2) is 16.9 Å². The predicted molar refractivity (Wildman–Crippen MR) is 212 cm³/mol. The Hall–Kier alpha value is -6.34. The lowest BCUT2D eigenvalue weighted by Crippen LogP contribution is -2.39. The molecule has 2 aliphatic rings. The molecule has 0 radical (unpaired) electrons. The molecule has 1 aliphatic heterocycles. The van der Waals surface area contributed by atoms with Crippen LogP contribution in [0.15, 0.2) is 143 Å². The molecule has 0 saturated carbocycles. The maximum absolute atomic E-state index is 14.3. The molecule has 0 saturated heterocycles. The number of imidazole rings is 1. The first-order valence-corrected chi connectivity index (χ1v) is 19.1. The summed E-state index contributed by atoms with van der Waals surface area (Å²) in [5.41, 5.74) is 3.05. The number of carboxylic acid groups (broad SMARTS) is 1. The smallest absolute Gasteiger partial charge is 0.435 e. The first-order chi connectivity index (χ1) is 27.6. The summed E-state index contributed by atoms with van der Waals surface area (Å²) in [6.45, 7) is 1.68. The van der Waals surface area contributed by atoms with Crippen molar-refractivity contribution >= 4 is 21.9 Å². The summed E-state index contributed by atoms with van der Waals surface area (Å²) in [7, 11) is 0. The van der Waals surface area contributed by atoms with E-state index < -0.39 is 29.1 Å². The van der Waals surface area contributed by atoms with Crippen LogP contribution in [0.4, 0.5) is 13.2 Å². The maximum Gasteiger partial charge on any atom is 0.435 e. The molecule has 2 aromatic heterocycles. The Morgan fingerprint density at radius 3 is 1.93 bits per heavy atom. The molecule has 9 nitrogen and oxygen atoms in total. The van der Waals surface area contributed by atoms with E-state index in [2.05, 4.69) is 26.0 Å². The average molecular weight is 832 g/mol. The normalized spacial score (nSPS) is 12.0. The summed E-state index contributed by atoms with van der Waals surface area (Å²) in [5.74, 6) is -1.39. The summed E-state index contributed by atoms with van der Waals surface area (Å²) in [5, 5.41) is 24.8. The van der Waals surface area contributed by atoms with Crippen LogP contribution in [0.25, 0.3) is 33.6 Å². The largest absolute Gasteiger partial charge is 0.477 e. The topological polar surface area (TPSA) is 112 Å². The number of carboxylic acids is 1. The van der Waals surface area contributed by atoms with Crippen LogP contribution in [0.1, 0.15) is 64.0 Å². The van der Waals surface area contributed by atoms with Gasteiger partial charge in [-0.25, -0.2) is 9.78 Å². The zero-order valence-corrected chi connectivity index (χ0v) is 32.1. The van der Waals surface area contributed by atoms with Crippen LogP contribution in [0, 0.1) is 0 Å². The Labute approximate surface area is 333 Å². The Morgan fingerprint density at radius 1 is 0.789 bits per heavy atom. The van der Waals surface area contributed by atoms with Crippen LogP contribution >= 0.6 is 15.9 Å². The van der Waals surface area contributed by atoms with Crippen LogP contribution in [0.2, 0.25) is 0 Å². The number of alkyl halides is 3. The second kappa shape index (κ2) is 15.3. The molecule has 4 aromatic carbocycles. The summed E-state index contributed by atoms with van der Waals surface area (Å²) in [4.78, 5) is 18.1. The quantitative estimate of drug-likeness (QED) is 0.122. The third-order valence-electron chi connectivity index (χ3n) is 10.2. The minimum atomic E-state index is -4.98. The van der Waals surface area contributed by atoms with Gasteiger partial charge in [0, 0.05) is 27.6 Å². The Kier molecular flexibility index (Phi) is 10.1. The highest BCUT2D eigenvalue weighted by Gasteiger charge is 2.43. The van der Waals surface area contributed by atoms with E-state index in [0.29, 0.717) is 56.5 Å². The molecule has 0 spiro atoms. The molecule has 0 unspecified atom stereocenters. The number of fused-ring (bicyclic) bond motifs is 1. The van der Waals surface area contributed by atoms with Gasteiger partial charge >= 0.3 is 12.1 Å². The van der Waals surface area contributed by atoms with Gasteiger partial charge < -0.3 is 14.1 Å². The van der Waals surface area contributed by atoms with Crippen molar-refractivity contribution in [2.45, 2.75) is 44.4 Å². The molecule has 286 valence electrons. The number of rotatable bonds is 12. The van der Waals surface area contributed by atoms with E-state index in [-0.39, 0.29) is 18.8 Å². The number of halogens is 4. The number of hydrogen-bond acceptors (Lipinski definition) is 6. The molecule has 6 aromatic rings. The number of benzene rings is 4. The van der Waals surface area contributed by atoms with Crippen molar-refractivity contribution < 1.29 is 27.5 Å². The van der Waals surface area contributed by atoms with Gasteiger partial charge in [-0.3, -0.25) is 0 Å². The van der Waals surface area contributed by atoms with E-state index in [1.54, 1.807) is 17.1 Å². The number of unbranched alkanes of at least 4 members (excludes halogenated alkanes) is 1. The van der Waals surface area contributed by atoms with Gasteiger partial charge in [0.1, 0.15) is 5.82 Å². The average Bonchev–Trinajstić information content (AvgIpc) is 3.94. The number of aromatic carboxylic acids is 1. The summed E-state index contributed by atoms with van der Waals surface area (Å²) < 4.78 is 50.4. The second-order valence-corrected chi connectivity index (χ2v) is 14.3. The molecule has 57 heavy (non-hydrogen) atoms. The van der Waals surface area contributed by atoms with Gasteiger partial charge in [-0.05, 0) is 67.0 Å². The lowest BCUT2D eigenvalue weighted by molar-refractivity contribution is -0.141. The minimum absolute atomic E-state index is 0.0376. The molecular weight excluding hydrogens is 797 g/mol. The highest BCUT2D eigenvalue weighted by molar-refractivity contribution is 9.10. The number of nitrogens with zero attached hydrogens (tertiary/aromatic N) is 6. The number of aromatic nitrogens is 6. The molecular formula is C44H34BrF3N6O3. The molecule has 1 aliphatic carbocycles. The van der Waals surface area contributed by atoms with Crippen molar-refractivity contribution in [2.24, 2.45) is 0 Å². The fourth-order valence-electron chi connectivity index (χ4n) is 7.66. The van der Waals surface area contributed by atoms with Gasteiger partial charge in [0.25, 0.3) is 0 Å². The standard InChI is InChI=1S/C44H34BrF3N6O3/c1-2-3-23-36-49-40(44(46,47)48)39(42(55)56)53(36)26-34-31-24-25-57-27-35(31)38(45)37(34)32-21-13-14-22-33(32)41-50-52-54(51-41)43(28-15-7-4-8-16-28,29-17-9-5-10-18-29)30-19-11-6-12-20-30/h4-22,24-25,27H,2-3,23,26H2,1H3,(H,55,56). The molecule has 3 heterocycles. The molecule has 0 amide bonds. The molecule has 0 bridgehead atoms. The van der Waals surface area contributed by atoms with Crippen LogP contribution in [0.5, 0.6) is 0 Å². The van der Waals surface area contributed by atoms with Crippen molar-refractivity contribution in [3.8, 4) is 33.6 Å². The number of tetrazole rings is 1. The SMILES string of the molecule is CCCCc1nc(C(F)(F)F)c(C(=O)O)n1Cc1c2ccocc-2c(Br)c1-c1ccccc1-c1nnn(C(c2ccccc2)(c2ccccc2)c2ccccc2)n1. The predicted octanol–water partition coefficient (Wildman–Crippen LogP) is 10.6. The van der Waals surface area contributed by atoms with Gasteiger partial charge in [0.05, 0.1) is 19.1 Å². The Morgan fingerprint density at radius 2 is 1.37 bits per heavy atom. The van der Waals surface area contributed by atoms with E-state index in [1.807, 2.05) is 122 Å². The van der Waals surface area contributed by atoms with E-state index in [9.17, 15) is 23.1 Å². The highest BCUT2D eigenvalue weighted by atomic mass is 79.9. The maximum atomic E-state index is 14.3. The van der Waals surface area contributed by atoms with E-state index in [0.717, 1.165) is 16.7 Å². The zero-order valence-electron chi connectivity index (χ0n) is 30.5. The summed E-state index contributed by atoms with van der Waals surface area (Å²) in [6.07, 6.45) is -0.604. The van der Waals surface area contributed by atoms with Crippen LogP contribution in [0.3, 0.4) is 0 Å². The molecule has 13 heteroatoms. The summed E-state index contributed by atoms with van der Waals surface area (Å²) >= 11 is 3.79. The first-order valence-electron chi connectivity index (χ1n) is 18.3. The van der Waals surface area contributed by atoms with Crippen LogP contribution in [-0.2, 0) is 24.7 Å². The lowest BCUT2D eigenvalue weighted by Gasteiger charge is -2.34. The van der Waals surface area contributed by atoms with Crippen molar-refractivity contribution in [3.05, 3.63) is 178 Å². The number of aryl methyl sites for hydroxylation is 1. The van der Waals surface area contributed by atoms with Gasteiger partial charge in [-0.2, -0.15) is 13.2 Å². The van der Waals surface area contributed by atoms with E-state index >= 15 is 0 Å². The van der Waals surface area contributed by atoms with E-state index in [1.165, 1.54) is 10.8 Å².